The van der Waals surface area contributed by atoms with Crippen molar-refractivity contribution in [3.8, 4) is 0 Å². The molecule has 0 amide bonds. The minimum absolute atomic E-state index is 0.376. The van der Waals surface area contributed by atoms with Crippen LogP contribution in [-0.2, 0) is 29.5 Å². The van der Waals surface area contributed by atoms with Crippen molar-refractivity contribution in [3.05, 3.63) is 17.5 Å². The molecule has 0 saturated heterocycles. The molecule has 0 spiro atoms. The van der Waals surface area contributed by atoms with Crippen LogP contribution in [0.2, 0.25) is 0 Å². The number of nitrogens with one attached hydrogen (secondary N) is 1. The van der Waals surface area contributed by atoms with E-state index in [4.69, 9.17) is 11.6 Å². The number of halogens is 1. The van der Waals surface area contributed by atoms with Gasteiger partial charge < -0.3 is 10.1 Å². The zero-order chi connectivity index (χ0) is 12.8. The van der Waals surface area contributed by atoms with E-state index < -0.39 is 11.3 Å². The number of methoxy groups -OCH3 is 1. The second kappa shape index (κ2) is 6.61. The van der Waals surface area contributed by atoms with E-state index in [-0.39, 0.29) is 0 Å². The highest BCUT2D eigenvalue weighted by Gasteiger charge is 2.15. The van der Waals surface area contributed by atoms with Crippen LogP contribution in [0.5, 0.6) is 0 Å². The summed E-state index contributed by atoms with van der Waals surface area (Å²) in [6, 6.07) is 2.04. The molecule has 0 fully saturated rings. The first-order chi connectivity index (χ1) is 8.08. The zero-order valence-electron chi connectivity index (χ0n) is 10.4. The molecule has 0 aromatic carbocycles. The first kappa shape index (κ1) is 14.0. The standard InChI is InChI=1S/C11H18ClN3O2/c1-4-8-5-9(15(2)14-8)6-13-7-10(12)11(16)17-3/h5,10,13H,4,6-7H2,1-3H3. The summed E-state index contributed by atoms with van der Waals surface area (Å²) in [5.74, 6) is -0.418. The molecular formula is C11H18ClN3O2. The Morgan fingerprint density at radius 2 is 2.41 bits per heavy atom. The highest BCUT2D eigenvalue weighted by atomic mass is 35.5. The number of ether oxygens (including phenoxy) is 1. The van der Waals surface area contributed by atoms with E-state index in [9.17, 15) is 4.79 Å². The molecule has 6 heteroatoms. The van der Waals surface area contributed by atoms with Crippen LogP contribution >= 0.6 is 11.6 Å². The molecule has 1 N–H and O–H groups in total. The monoisotopic (exact) mass is 259 g/mol. The van der Waals surface area contributed by atoms with Gasteiger partial charge in [-0.25, -0.2) is 0 Å². The summed E-state index contributed by atoms with van der Waals surface area (Å²) in [6.07, 6.45) is 0.911. The first-order valence-electron chi connectivity index (χ1n) is 5.52. The van der Waals surface area contributed by atoms with Gasteiger partial charge in [-0.2, -0.15) is 5.10 Å². The van der Waals surface area contributed by atoms with Crippen molar-refractivity contribution in [3.63, 3.8) is 0 Å². The maximum Gasteiger partial charge on any atom is 0.325 e. The first-order valence-corrected chi connectivity index (χ1v) is 5.96. The fourth-order valence-electron chi connectivity index (χ4n) is 1.45. The summed E-state index contributed by atoms with van der Waals surface area (Å²) in [4.78, 5) is 11.1. The predicted molar refractivity (Wildman–Crippen MR) is 65.9 cm³/mol. The fourth-order valence-corrected chi connectivity index (χ4v) is 1.65. The number of hydrogen-bond donors (Lipinski definition) is 1. The van der Waals surface area contributed by atoms with Crippen LogP contribution in [0.4, 0.5) is 0 Å². The highest BCUT2D eigenvalue weighted by molar-refractivity contribution is 6.30. The number of carbonyl (C=O) groups is 1. The zero-order valence-corrected chi connectivity index (χ0v) is 11.1. The van der Waals surface area contributed by atoms with Crippen molar-refractivity contribution < 1.29 is 9.53 Å². The number of alkyl halides is 1. The number of nitrogens with zero attached hydrogens (tertiary/aromatic N) is 2. The third-order valence-electron chi connectivity index (χ3n) is 2.48. The van der Waals surface area contributed by atoms with Crippen LogP contribution in [0.1, 0.15) is 18.3 Å². The Kier molecular flexibility index (Phi) is 5.44. The van der Waals surface area contributed by atoms with Gasteiger partial charge in [0.2, 0.25) is 0 Å². The third kappa shape index (κ3) is 4.02. The van der Waals surface area contributed by atoms with E-state index in [2.05, 4.69) is 22.1 Å². The van der Waals surface area contributed by atoms with E-state index in [1.54, 1.807) is 0 Å². The van der Waals surface area contributed by atoms with Crippen LogP contribution in [0.15, 0.2) is 6.07 Å². The van der Waals surface area contributed by atoms with E-state index in [0.29, 0.717) is 13.1 Å². The number of carbonyl (C=O) groups excluding carboxylic acids is 1. The molecule has 0 bridgehead atoms. The minimum Gasteiger partial charge on any atom is -0.468 e. The average Bonchev–Trinajstić information content (AvgIpc) is 2.69. The van der Waals surface area contributed by atoms with Gasteiger partial charge in [0.15, 0.2) is 0 Å². The molecule has 0 aliphatic heterocycles. The molecule has 5 nitrogen and oxygen atoms in total. The third-order valence-corrected chi connectivity index (χ3v) is 2.81. The van der Waals surface area contributed by atoms with Gasteiger partial charge in [-0.3, -0.25) is 9.48 Å². The molecule has 96 valence electrons. The largest absolute Gasteiger partial charge is 0.468 e. The van der Waals surface area contributed by atoms with Gasteiger partial charge in [0.25, 0.3) is 0 Å². The summed E-state index contributed by atoms with van der Waals surface area (Å²) < 4.78 is 6.36. The summed E-state index contributed by atoms with van der Waals surface area (Å²) in [7, 11) is 3.22. The van der Waals surface area contributed by atoms with Crippen molar-refractivity contribution in [2.45, 2.75) is 25.3 Å². The Labute approximate surface area is 106 Å². The number of aryl methyl sites for hydroxylation is 2. The quantitative estimate of drug-likeness (QED) is 0.608. The van der Waals surface area contributed by atoms with E-state index >= 15 is 0 Å². The highest BCUT2D eigenvalue weighted by Crippen LogP contribution is 2.04. The summed E-state index contributed by atoms with van der Waals surface area (Å²) in [5.41, 5.74) is 2.12. The van der Waals surface area contributed by atoms with Crippen molar-refractivity contribution in [2.24, 2.45) is 7.05 Å². The molecule has 17 heavy (non-hydrogen) atoms. The van der Waals surface area contributed by atoms with Crippen molar-refractivity contribution in [2.75, 3.05) is 13.7 Å². The maximum atomic E-state index is 11.1. The van der Waals surface area contributed by atoms with E-state index in [1.807, 2.05) is 17.8 Å². The van der Waals surface area contributed by atoms with Gasteiger partial charge in [-0.1, -0.05) is 6.92 Å². The molecule has 0 aliphatic rings. The van der Waals surface area contributed by atoms with Crippen molar-refractivity contribution in [1.82, 2.24) is 15.1 Å². The van der Waals surface area contributed by atoms with Crippen LogP contribution in [0.3, 0.4) is 0 Å². The van der Waals surface area contributed by atoms with Gasteiger partial charge in [-0.15, -0.1) is 11.6 Å². The molecule has 1 aromatic rings. The van der Waals surface area contributed by atoms with Crippen LogP contribution in [-0.4, -0.2) is 34.8 Å². The van der Waals surface area contributed by atoms with Gasteiger partial charge in [0, 0.05) is 20.1 Å². The number of aromatic nitrogens is 2. The molecule has 0 aliphatic carbocycles. The smallest absolute Gasteiger partial charge is 0.325 e. The Balaban J connectivity index is 2.40. The van der Waals surface area contributed by atoms with Crippen LogP contribution in [0.25, 0.3) is 0 Å². The lowest BCUT2D eigenvalue weighted by molar-refractivity contribution is -0.140. The lowest BCUT2D eigenvalue weighted by Gasteiger charge is -2.08. The molecule has 0 radical (unpaired) electrons. The van der Waals surface area contributed by atoms with E-state index in [0.717, 1.165) is 17.8 Å². The lowest BCUT2D eigenvalue weighted by atomic mass is 10.3. The minimum atomic E-state index is -0.654. The SMILES string of the molecule is CCc1cc(CNCC(Cl)C(=O)OC)n(C)n1. The molecule has 1 heterocycles. The Bertz CT molecular complexity index is 379. The fraction of sp³-hybridized carbons (Fsp3) is 0.636. The Morgan fingerprint density at radius 1 is 1.71 bits per heavy atom. The normalized spacial score (nSPS) is 12.5. The predicted octanol–water partition coefficient (Wildman–Crippen LogP) is 0.852. The van der Waals surface area contributed by atoms with Crippen LogP contribution in [0, 0.1) is 0 Å². The van der Waals surface area contributed by atoms with E-state index in [1.165, 1.54) is 7.11 Å². The number of rotatable bonds is 6. The van der Waals surface area contributed by atoms with Gasteiger partial charge >= 0.3 is 5.97 Å². The molecule has 1 rings (SSSR count). The molecule has 0 saturated carbocycles. The summed E-state index contributed by atoms with van der Waals surface area (Å²) in [5, 5.41) is 6.78. The van der Waals surface area contributed by atoms with Crippen molar-refractivity contribution in [1.29, 1.82) is 0 Å². The summed E-state index contributed by atoms with van der Waals surface area (Å²) in [6.45, 7) is 3.07. The second-order valence-corrected chi connectivity index (χ2v) is 4.25. The summed E-state index contributed by atoms with van der Waals surface area (Å²) >= 11 is 5.81. The second-order valence-electron chi connectivity index (χ2n) is 3.73. The number of esters is 1. The molecule has 1 atom stereocenters. The number of hydrogen-bond acceptors (Lipinski definition) is 4. The molecular weight excluding hydrogens is 242 g/mol. The van der Waals surface area contributed by atoms with Gasteiger partial charge in [0.05, 0.1) is 18.5 Å². The average molecular weight is 260 g/mol. The van der Waals surface area contributed by atoms with Crippen LogP contribution < -0.4 is 5.32 Å². The Morgan fingerprint density at radius 3 is 2.94 bits per heavy atom. The maximum absolute atomic E-state index is 11.1. The van der Waals surface area contributed by atoms with Gasteiger partial charge in [0.1, 0.15) is 5.38 Å². The molecule has 1 unspecified atom stereocenters. The van der Waals surface area contributed by atoms with Crippen molar-refractivity contribution >= 4 is 17.6 Å². The Hall–Kier alpha value is -1.07. The molecule has 1 aromatic heterocycles. The van der Waals surface area contributed by atoms with Gasteiger partial charge in [-0.05, 0) is 12.5 Å². The lowest BCUT2D eigenvalue weighted by Crippen LogP contribution is -2.30. The topological polar surface area (TPSA) is 56.1 Å².